The van der Waals surface area contributed by atoms with Crippen molar-refractivity contribution in [2.45, 2.75) is 58.9 Å². The largest absolute Gasteiger partial charge is 0.355 e. The average Bonchev–Trinajstić information content (AvgIpc) is 2.28. The lowest BCUT2D eigenvalue weighted by molar-refractivity contribution is -0.113. The van der Waals surface area contributed by atoms with Crippen LogP contribution in [0.2, 0.25) is 0 Å². The van der Waals surface area contributed by atoms with Crippen LogP contribution in [0.3, 0.4) is 0 Å². The molecule has 0 aliphatic heterocycles. The molecule has 2 aliphatic rings. The van der Waals surface area contributed by atoms with Crippen molar-refractivity contribution in [3.63, 3.8) is 0 Å². The predicted molar refractivity (Wildman–Crippen MR) is 75.1 cm³/mol. The molecule has 5 atom stereocenters. The molecule has 0 radical (unpaired) electrons. The van der Waals surface area contributed by atoms with E-state index in [0.29, 0.717) is 29.2 Å². The standard InChI is InChI=1S/C16H27NO/c1-11(2)13-7-9-16(4)8-5-6-12(3)14(16)15(13)17-10-18/h10,12-15H,1,5-9H2,2-4H3,(H,17,18). The zero-order chi connectivity index (χ0) is 13.3. The average molecular weight is 249 g/mol. The van der Waals surface area contributed by atoms with E-state index in [0.717, 1.165) is 6.41 Å². The summed E-state index contributed by atoms with van der Waals surface area (Å²) in [6.45, 7) is 11.0. The Kier molecular flexibility index (Phi) is 3.84. The number of amides is 1. The molecule has 2 rings (SSSR count). The van der Waals surface area contributed by atoms with E-state index in [1.54, 1.807) is 0 Å². The van der Waals surface area contributed by atoms with E-state index < -0.39 is 0 Å². The minimum atomic E-state index is 0.300. The van der Waals surface area contributed by atoms with Gasteiger partial charge in [0.05, 0.1) is 0 Å². The zero-order valence-electron chi connectivity index (χ0n) is 12.0. The maximum Gasteiger partial charge on any atom is 0.207 e. The van der Waals surface area contributed by atoms with E-state index in [2.05, 4.69) is 32.7 Å². The van der Waals surface area contributed by atoms with Gasteiger partial charge in [-0.05, 0) is 49.4 Å². The van der Waals surface area contributed by atoms with Crippen LogP contribution < -0.4 is 5.32 Å². The maximum atomic E-state index is 11.0. The predicted octanol–water partition coefficient (Wildman–Crippen LogP) is 3.53. The molecule has 2 nitrogen and oxygen atoms in total. The van der Waals surface area contributed by atoms with Crippen molar-refractivity contribution in [1.29, 1.82) is 0 Å². The molecule has 2 heteroatoms. The molecule has 0 saturated heterocycles. The Bertz CT molecular complexity index is 338. The number of nitrogens with one attached hydrogen (secondary N) is 1. The Morgan fingerprint density at radius 2 is 2.11 bits per heavy atom. The molecule has 5 unspecified atom stereocenters. The normalized spacial score (nSPS) is 43.9. The number of hydrogen-bond acceptors (Lipinski definition) is 1. The first-order chi connectivity index (χ1) is 8.49. The Morgan fingerprint density at radius 1 is 1.39 bits per heavy atom. The van der Waals surface area contributed by atoms with Crippen molar-refractivity contribution >= 4 is 6.41 Å². The first kappa shape index (κ1) is 13.6. The van der Waals surface area contributed by atoms with Crippen molar-refractivity contribution < 1.29 is 4.79 Å². The summed E-state index contributed by atoms with van der Waals surface area (Å²) in [6.07, 6.45) is 7.34. The van der Waals surface area contributed by atoms with Gasteiger partial charge in [0.2, 0.25) is 6.41 Å². The van der Waals surface area contributed by atoms with E-state index in [9.17, 15) is 4.79 Å². The van der Waals surface area contributed by atoms with Gasteiger partial charge in [-0.3, -0.25) is 4.79 Å². The van der Waals surface area contributed by atoms with Gasteiger partial charge in [0, 0.05) is 6.04 Å². The fourth-order valence-electron chi connectivity index (χ4n) is 4.71. The van der Waals surface area contributed by atoms with Gasteiger partial charge in [-0.15, -0.1) is 0 Å². The van der Waals surface area contributed by atoms with E-state index in [-0.39, 0.29) is 0 Å². The van der Waals surface area contributed by atoms with Crippen LogP contribution in [0.15, 0.2) is 12.2 Å². The summed E-state index contributed by atoms with van der Waals surface area (Å²) in [6, 6.07) is 0.300. The summed E-state index contributed by atoms with van der Waals surface area (Å²) in [5.74, 6) is 1.80. The minimum Gasteiger partial charge on any atom is -0.355 e. The van der Waals surface area contributed by atoms with Gasteiger partial charge < -0.3 is 5.32 Å². The summed E-state index contributed by atoms with van der Waals surface area (Å²) in [7, 11) is 0. The van der Waals surface area contributed by atoms with Crippen molar-refractivity contribution in [2.75, 3.05) is 0 Å². The molecule has 2 fully saturated rings. The second-order valence-electron chi connectivity index (χ2n) is 6.85. The van der Waals surface area contributed by atoms with Crippen LogP contribution >= 0.6 is 0 Å². The third-order valence-corrected chi connectivity index (χ3v) is 5.57. The van der Waals surface area contributed by atoms with Crippen LogP contribution in [-0.4, -0.2) is 12.5 Å². The molecule has 18 heavy (non-hydrogen) atoms. The van der Waals surface area contributed by atoms with E-state index >= 15 is 0 Å². The van der Waals surface area contributed by atoms with Crippen molar-refractivity contribution in [1.82, 2.24) is 5.32 Å². The number of hydrogen-bond donors (Lipinski definition) is 1. The van der Waals surface area contributed by atoms with Crippen LogP contribution in [0, 0.1) is 23.2 Å². The molecule has 0 aromatic rings. The highest BCUT2D eigenvalue weighted by Crippen LogP contribution is 2.54. The van der Waals surface area contributed by atoms with E-state index in [1.807, 2.05) is 0 Å². The third kappa shape index (κ3) is 2.22. The van der Waals surface area contributed by atoms with Crippen LogP contribution in [-0.2, 0) is 4.79 Å². The van der Waals surface area contributed by atoms with Gasteiger partial charge >= 0.3 is 0 Å². The molecule has 0 bridgehead atoms. The van der Waals surface area contributed by atoms with Crippen LogP contribution in [0.4, 0.5) is 0 Å². The number of rotatable bonds is 3. The molecule has 2 saturated carbocycles. The number of carbonyl (C=O) groups excluding carboxylic acids is 1. The van der Waals surface area contributed by atoms with Gasteiger partial charge in [0.25, 0.3) is 0 Å². The molecular formula is C16H27NO. The molecule has 0 aromatic carbocycles. The Balaban J connectivity index is 2.30. The topological polar surface area (TPSA) is 29.1 Å². The quantitative estimate of drug-likeness (QED) is 0.601. The number of fused-ring (bicyclic) bond motifs is 1. The van der Waals surface area contributed by atoms with Crippen molar-refractivity contribution in [3.05, 3.63) is 12.2 Å². The Hall–Kier alpha value is -0.790. The summed E-state index contributed by atoms with van der Waals surface area (Å²) in [4.78, 5) is 11.0. The van der Waals surface area contributed by atoms with Crippen LogP contribution in [0.1, 0.15) is 52.9 Å². The van der Waals surface area contributed by atoms with Gasteiger partial charge in [-0.25, -0.2) is 0 Å². The monoisotopic (exact) mass is 249 g/mol. The molecule has 2 aliphatic carbocycles. The number of carbonyl (C=O) groups is 1. The van der Waals surface area contributed by atoms with Gasteiger partial charge in [0.15, 0.2) is 0 Å². The molecular weight excluding hydrogens is 222 g/mol. The summed E-state index contributed by atoms with van der Waals surface area (Å²) in [5.41, 5.74) is 1.65. The second-order valence-corrected chi connectivity index (χ2v) is 6.85. The lowest BCUT2D eigenvalue weighted by Crippen LogP contribution is -2.55. The molecule has 0 aromatic heterocycles. The lowest BCUT2D eigenvalue weighted by atomic mass is 9.52. The van der Waals surface area contributed by atoms with Gasteiger partial charge in [0.1, 0.15) is 0 Å². The summed E-state index contributed by atoms with van der Waals surface area (Å²) < 4.78 is 0. The fourth-order valence-corrected chi connectivity index (χ4v) is 4.71. The van der Waals surface area contributed by atoms with E-state index in [4.69, 9.17) is 0 Å². The SMILES string of the molecule is C=C(C)C1CCC2(C)CCCC(C)C2C1NC=O. The molecule has 0 spiro atoms. The first-order valence-corrected chi connectivity index (χ1v) is 7.34. The molecule has 0 heterocycles. The highest BCUT2D eigenvalue weighted by atomic mass is 16.1. The Morgan fingerprint density at radius 3 is 2.72 bits per heavy atom. The highest BCUT2D eigenvalue weighted by molar-refractivity contribution is 5.47. The first-order valence-electron chi connectivity index (χ1n) is 7.34. The fraction of sp³-hybridized carbons (Fsp3) is 0.812. The summed E-state index contributed by atoms with van der Waals surface area (Å²) in [5, 5.41) is 3.13. The van der Waals surface area contributed by atoms with Crippen LogP contribution in [0.5, 0.6) is 0 Å². The van der Waals surface area contributed by atoms with Crippen molar-refractivity contribution in [2.24, 2.45) is 23.2 Å². The lowest BCUT2D eigenvalue weighted by Gasteiger charge is -2.55. The summed E-state index contributed by atoms with van der Waals surface area (Å²) >= 11 is 0. The van der Waals surface area contributed by atoms with E-state index in [1.165, 1.54) is 37.7 Å². The Labute approximate surface area is 111 Å². The maximum absolute atomic E-state index is 11.0. The van der Waals surface area contributed by atoms with Gasteiger partial charge in [-0.1, -0.05) is 38.8 Å². The molecule has 102 valence electrons. The molecule has 1 N–H and O–H groups in total. The van der Waals surface area contributed by atoms with Gasteiger partial charge in [-0.2, -0.15) is 0 Å². The minimum absolute atomic E-state index is 0.300. The second kappa shape index (κ2) is 5.07. The smallest absolute Gasteiger partial charge is 0.207 e. The molecule has 1 amide bonds. The zero-order valence-corrected chi connectivity index (χ0v) is 12.0. The van der Waals surface area contributed by atoms with Crippen LogP contribution in [0.25, 0.3) is 0 Å². The van der Waals surface area contributed by atoms with Crippen molar-refractivity contribution in [3.8, 4) is 0 Å². The third-order valence-electron chi connectivity index (χ3n) is 5.57. The highest BCUT2D eigenvalue weighted by Gasteiger charge is 2.50.